The molecule has 1 atom stereocenters. The highest BCUT2D eigenvalue weighted by molar-refractivity contribution is 7.99. The fourth-order valence-electron chi connectivity index (χ4n) is 2.16. The summed E-state index contributed by atoms with van der Waals surface area (Å²) in [4.78, 5) is 0. The number of nitrogens with one attached hydrogen (secondary N) is 1. The lowest BCUT2D eigenvalue weighted by Gasteiger charge is -2.22. The quantitative estimate of drug-likeness (QED) is 0.876. The van der Waals surface area contributed by atoms with Gasteiger partial charge in [0.05, 0.1) is 5.69 Å². The predicted molar refractivity (Wildman–Crippen MR) is 68.0 cm³/mol. The van der Waals surface area contributed by atoms with Crippen molar-refractivity contribution < 1.29 is 4.52 Å². The molecular formula is C12H20N2OS. The summed E-state index contributed by atoms with van der Waals surface area (Å²) in [6.07, 6.45) is 3.71. The lowest BCUT2D eigenvalue weighted by atomic mass is 10.1. The predicted octanol–water partition coefficient (Wildman–Crippen LogP) is 2.32. The number of thioether (sulfide) groups is 1. The topological polar surface area (TPSA) is 38.1 Å². The SMILES string of the molecule is Cc1noc(C)c1CCNC1CCCSC1. The summed E-state index contributed by atoms with van der Waals surface area (Å²) in [6, 6.07) is 0.708. The smallest absolute Gasteiger partial charge is 0.137 e. The van der Waals surface area contributed by atoms with Crippen LogP contribution in [0.25, 0.3) is 0 Å². The monoisotopic (exact) mass is 240 g/mol. The normalized spacial score (nSPS) is 21.2. The molecular weight excluding hydrogens is 220 g/mol. The van der Waals surface area contributed by atoms with Crippen molar-refractivity contribution in [3.8, 4) is 0 Å². The first kappa shape index (κ1) is 12.0. The average Bonchev–Trinajstić information content (AvgIpc) is 2.62. The second kappa shape index (κ2) is 5.73. The molecule has 2 rings (SSSR count). The van der Waals surface area contributed by atoms with Crippen LogP contribution in [-0.4, -0.2) is 29.2 Å². The van der Waals surface area contributed by atoms with Gasteiger partial charge in [-0.05, 0) is 45.4 Å². The van der Waals surface area contributed by atoms with Crippen molar-refractivity contribution in [1.82, 2.24) is 10.5 Å². The summed E-state index contributed by atoms with van der Waals surface area (Å²) in [6.45, 7) is 5.04. The molecule has 1 aromatic heterocycles. The zero-order valence-corrected chi connectivity index (χ0v) is 10.9. The van der Waals surface area contributed by atoms with Gasteiger partial charge in [-0.1, -0.05) is 5.16 Å². The van der Waals surface area contributed by atoms with E-state index in [0.717, 1.165) is 24.4 Å². The molecule has 1 unspecified atom stereocenters. The Balaban J connectivity index is 1.75. The van der Waals surface area contributed by atoms with E-state index in [-0.39, 0.29) is 0 Å². The van der Waals surface area contributed by atoms with Crippen molar-refractivity contribution in [2.24, 2.45) is 0 Å². The highest BCUT2D eigenvalue weighted by Crippen LogP contribution is 2.17. The number of rotatable bonds is 4. The lowest BCUT2D eigenvalue weighted by Crippen LogP contribution is -2.35. The number of aromatic nitrogens is 1. The number of hydrogen-bond acceptors (Lipinski definition) is 4. The molecule has 1 aliphatic rings. The van der Waals surface area contributed by atoms with E-state index in [9.17, 15) is 0 Å². The van der Waals surface area contributed by atoms with Crippen LogP contribution in [0.5, 0.6) is 0 Å². The molecule has 3 nitrogen and oxygen atoms in total. The van der Waals surface area contributed by atoms with Gasteiger partial charge in [0.1, 0.15) is 5.76 Å². The Labute approximate surface area is 101 Å². The third-order valence-electron chi connectivity index (χ3n) is 3.15. The second-order valence-electron chi connectivity index (χ2n) is 4.42. The third-order valence-corrected chi connectivity index (χ3v) is 4.36. The van der Waals surface area contributed by atoms with Gasteiger partial charge in [0.15, 0.2) is 0 Å². The van der Waals surface area contributed by atoms with Crippen LogP contribution in [0.4, 0.5) is 0 Å². The van der Waals surface area contributed by atoms with Crippen LogP contribution in [0.1, 0.15) is 29.9 Å². The van der Waals surface area contributed by atoms with Crippen LogP contribution in [-0.2, 0) is 6.42 Å². The van der Waals surface area contributed by atoms with E-state index in [4.69, 9.17) is 4.52 Å². The average molecular weight is 240 g/mol. The van der Waals surface area contributed by atoms with Gasteiger partial charge >= 0.3 is 0 Å². The Kier molecular flexibility index (Phi) is 4.29. The van der Waals surface area contributed by atoms with Gasteiger partial charge in [-0.15, -0.1) is 0 Å². The summed E-state index contributed by atoms with van der Waals surface area (Å²) in [5.74, 6) is 3.57. The van der Waals surface area contributed by atoms with E-state index >= 15 is 0 Å². The Hall–Kier alpha value is -0.480. The first-order valence-corrected chi connectivity index (χ1v) is 7.15. The maximum Gasteiger partial charge on any atom is 0.137 e. The highest BCUT2D eigenvalue weighted by atomic mass is 32.2. The molecule has 0 spiro atoms. The standard InChI is InChI=1S/C12H20N2OS/c1-9-12(10(2)15-14-9)5-6-13-11-4-3-7-16-8-11/h11,13H,3-8H2,1-2H3. The van der Waals surface area contributed by atoms with Crippen molar-refractivity contribution in [3.05, 3.63) is 17.0 Å². The van der Waals surface area contributed by atoms with Crippen LogP contribution >= 0.6 is 11.8 Å². The van der Waals surface area contributed by atoms with Crippen molar-refractivity contribution in [1.29, 1.82) is 0 Å². The van der Waals surface area contributed by atoms with Gasteiger partial charge in [0.25, 0.3) is 0 Å². The summed E-state index contributed by atoms with van der Waals surface area (Å²) in [5.41, 5.74) is 2.31. The Morgan fingerprint density at radius 3 is 3.00 bits per heavy atom. The third kappa shape index (κ3) is 3.01. The minimum atomic E-state index is 0.708. The van der Waals surface area contributed by atoms with Gasteiger partial charge < -0.3 is 9.84 Å². The van der Waals surface area contributed by atoms with E-state index in [1.807, 2.05) is 13.8 Å². The van der Waals surface area contributed by atoms with E-state index in [2.05, 4.69) is 22.2 Å². The molecule has 16 heavy (non-hydrogen) atoms. The maximum atomic E-state index is 5.16. The van der Waals surface area contributed by atoms with E-state index in [1.54, 1.807) is 0 Å². The zero-order chi connectivity index (χ0) is 11.4. The van der Waals surface area contributed by atoms with Crippen LogP contribution in [0.2, 0.25) is 0 Å². The summed E-state index contributed by atoms with van der Waals surface area (Å²) >= 11 is 2.06. The molecule has 0 saturated carbocycles. The van der Waals surface area contributed by atoms with E-state index in [0.29, 0.717) is 6.04 Å². The van der Waals surface area contributed by atoms with E-state index in [1.165, 1.54) is 29.9 Å². The Bertz CT molecular complexity index is 312. The van der Waals surface area contributed by atoms with Crippen molar-refractivity contribution in [2.45, 2.75) is 39.2 Å². The number of aryl methyl sites for hydroxylation is 2. The van der Waals surface area contributed by atoms with E-state index < -0.39 is 0 Å². The van der Waals surface area contributed by atoms with Crippen LogP contribution in [0, 0.1) is 13.8 Å². The molecule has 0 bridgehead atoms. The molecule has 1 aromatic rings. The molecule has 1 aliphatic heterocycles. The maximum absolute atomic E-state index is 5.16. The fourth-order valence-corrected chi connectivity index (χ4v) is 3.27. The lowest BCUT2D eigenvalue weighted by molar-refractivity contribution is 0.392. The first-order valence-electron chi connectivity index (χ1n) is 6.00. The van der Waals surface area contributed by atoms with Gasteiger partial charge in [-0.2, -0.15) is 11.8 Å². The largest absolute Gasteiger partial charge is 0.361 e. The number of nitrogens with zero attached hydrogens (tertiary/aromatic N) is 1. The Morgan fingerprint density at radius 2 is 2.38 bits per heavy atom. The molecule has 0 aliphatic carbocycles. The van der Waals surface area contributed by atoms with Crippen molar-refractivity contribution in [3.63, 3.8) is 0 Å². The van der Waals surface area contributed by atoms with Crippen molar-refractivity contribution >= 4 is 11.8 Å². The summed E-state index contributed by atoms with van der Waals surface area (Å²) in [5, 5.41) is 7.60. The molecule has 0 radical (unpaired) electrons. The molecule has 0 amide bonds. The first-order chi connectivity index (χ1) is 7.77. The fraction of sp³-hybridized carbons (Fsp3) is 0.750. The summed E-state index contributed by atoms with van der Waals surface area (Å²) < 4.78 is 5.16. The number of hydrogen-bond donors (Lipinski definition) is 1. The van der Waals surface area contributed by atoms with Gasteiger partial charge in [0, 0.05) is 17.4 Å². The molecule has 4 heteroatoms. The molecule has 2 heterocycles. The van der Waals surface area contributed by atoms with Gasteiger partial charge in [-0.3, -0.25) is 0 Å². The van der Waals surface area contributed by atoms with Crippen LogP contribution in [0.15, 0.2) is 4.52 Å². The minimum absolute atomic E-state index is 0.708. The summed E-state index contributed by atoms with van der Waals surface area (Å²) in [7, 11) is 0. The second-order valence-corrected chi connectivity index (χ2v) is 5.57. The highest BCUT2D eigenvalue weighted by Gasteiger charge is 2.13. The van der Waals surface area contributed by atoms with Gasteiger partial charge in [0.2, 0.25) is 0 Å². The van der Waals surface area contributed by atoms with Crippen molar-refractivity contribution in [2.75, 3.05) is 18.1 Å². The zero-order valence-electron chi connectivity index (χ0n) is 10.1. The molecule has 1 N–H and O–H groups in total. The Morgan fingerprint density at radius 1 is 1.50 bits per heavy atom. The van der Waals surface area contributed by atoms with Gasteiger partial charge in [-0.25, -0.2) is 0 Å². The molecule has 0 aromatic carbocycles. The molecule has 1 saturated heterocycles. The molecule has 90 valence electrons. The van der Waals surface area contributed by atoms with Crippen LogP contribution < -0.4 is 5.32 Å². The van der Waals surface area contributed by atoms with Crippen LogP contribution in [0.3, 0.4) is 0 Å². The molecule has 1 fully saturated rings. The minimum Gasteiger partial charge on any atom is -0.361 e.